The topological polar surface area (TPSA) is 65.1 Å². The van der Waals surface area contributed by atoms with Gasteiger partial charge in [0.15, 0.2) is 0 Å². The number of methoxy groups -OCH3 is 1. The number of carbonyl (C=O) groups excluding carboxylic acids is 2. The van der Waals surface area contributed by atoms with Crippen LogP contribution in [-0.2, 0) is 9.59 Å². The first kappa shape index (κ1) is 20.8. The van der Waals surface area contributed by atoms with Crippen molar-refractivity contribution in [2.45, 2.75) is 6.42 Å². The van der Waals surface area contributed by atoms with Crippen LogP contribution in [0.3, 0.4) is 0 Å². The molecule has 150 valence electrons. The van der Waals surface area contributed by atoms with Crippen LogP contribution < -0.4 is 10.2 Å². The second kappa shape index (κ2) is 9.51. The molecule has 0 aliphatic carbocycles. The number of thioether (sulfide) groups is 1. The molecule has 1 aromatic carbocycles. The first-order valence-corrected chi connectivity index (χ1v) is 10.3. The van der Waals surface area contributed by atoms with Gasteiger partial charge in [0.25, 0.3) is 5.91 Å². The van der Waals surface area contributed by atoms with Gasteiger partial charge in [0, 0.05) is 39.1 Å². The summed E-state index contributed by atoms with van der Waals surface area (Å²) >= 11 is 6.60. The Morgan fingerprint density at radius 1 is 1.25 bits per heavy atom. The van der Waals surface area contributed by atoms with Crippen molar-refractivity contribution in [2.24, 2.45) is 0 Å². The van der Waals surface area contributed by atoms with E-state index in [0.29, 0.717) is 9.23 Å². The summed E-state index contributed by atoms with van der Waals surface area (Å²) in [7, 11) is 3.67. The summed E-state index contributed by atoms with van der Waals surface area (Å²) in [6, 6.07) is 7.45. The van der Waals surface area contributed by atoms with E-state index in [2.05, 4.69) is 17.4 Å². The van der Waals surface area contributed by atoms with Crippen molar-refractivity contribution < 1.29 is 14.3 Å². The van der Waals surface area contributed by atoms with E-state index in [9.17, 15) is 9.59 Å². The van der Waals surface area contributed by atoms with Crippen LogP contribution in [0.2, 0.25) is 0 Å². The second-order valence-electron chi connectivity index (χ2n) is 6.68. The summed E-state index contributed by atoms with van der Waals surface area (Å²) in [5, 5.41) is 1.93. The van der Waals surface area contributed by atoms with Gasteiger partial charge < -0.3 is 9.64 Å². The van der Waals surface area contributed by atoms with E-state index in [1.54, 1.807) is 7.11 Å². The van der Waals surface area contributed by atoms with E-state index < -0.39 is 0 Å². The molecule has 2 fully saturated rings. The molecule has 0 bridgehead atoms. The number of amides is 2. The van der Waals surface area contributed by atoms with Crippen LogP contribution in [0.5, 0.6) is 5.75 Å². The molecule has 9 heteroatoms. The zero-order chi connectivity index (χ0) is 20.1. The standard InChI is InChI=1S/C19H24N4O3S2/c1-21-9-11-22(12-10-21)20-17(24)7-8-23-18(25)16(28-19(23)27)13-14-3-5-15(26-2)6-4-14/h3-6,13H,7-12H2,1-2H3,(H,20,24)/b16-13-. The maximum atomic E-state index is 12.7. The number of rotatable bonds is 6. The molecule has 0 atom stereocenters. The van der Waals surface area contributed by atoms with Gasteiger partial charge in [0.05, 0.1) is 12.0 Å². The van der Waals surface area contributed by atoms with Gasteiger partial charge in [0.2, 0.25) is 5.91 Å². The first-order valence-electron chi connectivity index (χ1n) is 9.08. The lowest BCUT2D eigenvalue weighted by atomic mass is 10.2. The second-order valence-corrected chi connectivity index (χ2v) is 8.36. The molecule has 0 saturated carbocycles. The molecule has 2 aliphatic heterocycles. The van der Waals surface area contributed by atoms with Gasteiger partial charge >= 0.3 is 0 Å². The predicted octanol–water partition coefficient (Wildman–Crippen LogP) is 1.57. The number of hydrogen-bond acceptors (Lipinski definition) is 7. The van der Waals surface area contributed by atoms with Gasteiger partial charge in [-0.3, -0.25) is 19.9 Å². The van der Waals surface area contributed by atoms with Gasteiger partial charge in [-0.1, -0.05) is 36.1 Å². The molecule has 2 aliphatic rings. The number of carbonyl (C=O) groups is 2. The number of benzene rings is 1. The average molecular weight is 421 g/mol. The van der Waals surface area contributed by atoms with Crippen LogP contribution >= 0.6 is 24.0 Å². The summed E-state index contributed by atoms with van der Waals surface area (Å²) in [6.45, 7) is 3.72. The number of ether oxygens (including phenoxy) is 1. The Labute approximate surface area is 174 Å². The zero-order valence-electron chi connectivity index (χ0n) is 16.0. The van der Waals surface area contributed by atoms with Crippen molar-refractivity contribution in [1.82, 2.24) is 20.2 Å². The summed E-state index contributed by atoms with van der Waals surface area (Å²) in [5.41, 5.74) is 3.81. The number of piperazine rings is 1. The Morgan fingerprint density at radius 3 is 2.57 bits per heavy atom. The van der Waals surface area contributed by atoms with Crippen LogP contribution in [-0.4, -0.2) is 77.8 Å². The first-order chi connectivity index (χ1) is 13.5. The van der Waals surface area contributed by atoms with Crippen molar-refractivity contribution in [2.75, 3.05) is 46.9 Å². The lowest BCUT2D eigenvalue weighted by Gasteiger charge is -2.32. The molecule has 28 heavy (non-hydrogen) atoms. The summed E-state index contributed by atoms with van der Waals surface area (Å²) in [5.74, 6) is 0.506. The Balaban J connectivity index is 1.53. The number of nitrogens with one attached hydrogen (secondary N) is 1. The van der Waals surface area contributed by atoms with Gasteiger partial charge in [-0.2, -0.15) is 0 Å². The van der Waals surface area contributed by atoms with E-state index in [1.807, 2.05) is 35.4 Å². The van der Waals surface area contributed by atoms with E-state index in [1.165, 1.54) is 16.7 Å². The SMILES string of the molecule is COc1ccc(/C=C2\SC(=S)N(CCC(=O)NN3CCN(C)CC3)C2=O)cc1. The number of nitrogens with zero attached hydrogens (tertiary/aromatic N) is 3. The number of hydrogen-bond donors (Lipinski definition) is 1. The smallest absolute Gasteiger partial charge is 0.266 e. The molecule has 0 aromatic heterocycles. The lowest BCUT2D eigenvalue weighted by Crippen LogP contribution is -2.52. The maximum absolute atomic E-state index is 12.7. The zero-order valence-corrected chi connectivity index (χ0v) is 17.6. The minimum atomic E-state index is -0.154. The minimum absolute atomic E-state index is 0.0993. The molecular formula is C19H24N4O3S2. The Hall–Kier alpha value is -1.94. The molecule has 7 nitrogen and oxygen atoms in total. The normalized spacial score (nSPS) is 20.1. The average Bonchev–Trinajstić information content (AvgIpc) is 2.95. The van der Waals surface area contributed by atoms with Crippen molar-refractivity contribution in [3.63, 3.8) is 0 Å². The molecule has 2 amide bonds. The molecule has 2 heterocycles. The third-order valence-corrected chi connectivity index (χ3v) is 6.01. The summed E-state index contributed by atoms with van der Waals surface area (Å²) in [4.78, 5) is 29.2. The molecule has 2 saturated heterocycles. The lowest BCUT2D eigenvalue weighted by molar-refractivity contribution is -0.127. The van der Waals surface area contributed by atoms with E-state index in [-0.39, 0.29) is 24.8 Å². The van der Waals surface area contributed by atoms with Crippen molar-refractivity contribution >= 4 is 46.2 Å². The van der Waals surface area contributed by atoms with Gasteiger partial charge in [-0.15, -0.1) is 0 Å². The Kier molecular flexibility index (Phi) is 7.06. The van der Waals surface area contributed by atoms with E-state index >= 15 is 0 Å². The highest BCUT2D eigenvalue weighted by Crippen LogP contribution is 2.32. The molecule has 0 spiro atoms. The van der Waals surface area contributed by atoms with Crippen LogP contribution in [0.1, 0.15) is 12.0 Å². The van der Waals surface area contributed by atoms with Gasteiger partial charge in [-0.05, 0) is 30.8 Å². The molecule has 3 rings (SSSR count). The van der Waals surface area contributed by atoms with Crippen LogP contribution in [0.15, 0.2) is 29.2 Å². The van der Waals surface area contributed by atoms with E-state index in [4.69, 9.17) is 17.0 Å². The van der Waals surface area contributed by atoms with Crippen molar-refractivity contribution in [1.29, 1.82) is 0 Å². The van der Waals surface area contributed by atoms with Gasteiger partial charge in [-0.25, -0.2) is 5.01 Å². The minimum Gasteiger partial charge on any atom is -0.497 e. The largest absolute Gasteiger partial charge is 0.497 e. The van der Waals surface area contributed by atoms with E-state index in [0.717, 1.165) is 37.5 Å². The molecular weight excluding hydrogens is 396 g/mol. The maximum Gasteiger partial charge on any atom is 0.266 e. The molecule has 0 radical (unpaired) electrons. The molecule has 0 unspecified atom stereocenters. The van der Waals surface area contributed by atoms with Gasteiger partial charge in [0.1, 0.15) is 10.1 Å². The summed E-state index contributed by atoms with van der Waals surface area (Å²) < 4.78 is 5.63. The fraction of sp³-hybridized carbons (Fsp3) is 0.421. The molecule has 1 N–H and O–H groups in total. The number of hydrazine groups is 1. The highest BCUT2D eigenvalue weighted by molar-refractivity contribution is 8.26. The fourth-order valence-electron chi connectivity index (χ4n) is 2.91. The highest BCUT2D eigenvalue weighted by Gasteiger charge is 2.32. The third-order valence-electron chi connectivity index (χ3n) is 4.64. The quantitative estimate of drug-likeness (QED) is 0.554. The fourth-order valence-corrected chi connectivity index (χ4v) is 4.22. The Morgan fingerprint density at radius 2 is 1.93 bits per heavy atom. The van der Waals surface area contributed by atoms with Crippen LogP contribution in [0, 0.1) is 0 Å². The third kappa shape index (κ3) is 5.32. The van der Waals surface area contributed by atoms with Crippen molar-refractivity contribution in [3.05, 3.63) is 34.7 Å². The van der Waals surface area contributed by atoms with Crippen molar-refractivity contribution in [3.8, 4) is 5.75 Å². The highest BCUT2D eigenvalue weighted by atomic mass is 32.2. The number of thiocarbonyl (C=S) groups is 1. The monoisotopic (exact) mass is 420 g/mol. The summed E-state index contributed by atoms with van der Waals surface area (Å²) in [6.07, 6.45) is 2.03. The van der Waals surface area contributed by atoms with Crippen LogP contribution in [0.4, 0.5) is 0 Å². The number of likely N-dealkylation sites (N-methyl/N-ethyl adjacent to an activating group) is 1. The molecule has 1 aromatic rings. The Bertz CT molecular complexity index is 774. The van der Waals surface area contributed by atoms with Crippen LogP contribution in [0.25, 0.3) is 6.08 Å². The predicted molar refractivity (Wildman–Crippen MR) is 115 cm³/mol.